The molecule has 1 aromatic heterocycles. The van der Waals surface area contributed by atoms with E-state index in [9.17, 15) is 9.59 Å². The molecule has 4 nitrogen and oxygen atoms in total. The fourth-order valence-electron chi connectivity index (χ4n) is 2.40. The quantitative estimate of drug-likeness (QED) is 0.849. The molecule has 5 heteroatoms. The van der Waals surface area contributed by atoms with Crippen LogP contribution in [0.5, 0.6) is 0 Å². The highest BCUT2D eigenvalue weighted by Crippen LogP contribution is 2.33. The Balaban J connectivity index is 2.05. The van der Waals surface area contributed by atoms with Crippen LogP contribution in [0.25, 0.3) is 0 Å². The molecule has 1 aromatic rings. The maximum Gasteiger partial charge on any atom is 0.265 e. The average molecular weight is 294 g/mol. The second kappa shape index (κ2) is 5.95. The van der Waals surface area contributed by atoms with E-state index in [2.05, 4.69) is 12.2 Å². The molecule has 1 fully saturated rings. The maximum absolute atomic E-state index is 12.5. The monoisotopic (exact) mass is 294 g/mol. The van der Waals surface area contributed by atoms with E-state index in [1.807, 2.05) is 25.3 Å². The van der Waals surface area contributed by atoms with Crippen LogP contribution in [0.2, 0.25) is 0 Å². The summed E-state index contributed by atoms with van der Waals surface area (Å²) in [4.78, 5) is 27.3. The van der Waals surface area contributed by atoms with E-state index < -0.39 is 5.54 Å². The van der Waals surface area contributed by atoms with Gasteiger partial charge in [0.2, 0.25) is 5.91 Å². The fraction of sp³-hybridized carbons (Fsp3) is 0.600. The lowest BCUT2D eigenvalue weighted by atomic mass is 9.85. The third kappa shape index (κ3) is 2.59. The highest BCUT2D eigenvalue weighted by atomic mass is 32.1. The summed E-state index contributed by atoms with van der Waals surface area (Å²) in [5.74, 6) is -0.0448. The van der Waals surface area contributed by atoms with Crippen molar-refractivity contribution in [2.75, 3.05) is 13.1 Å². The van der Waals surface area contributed by atoms with Crippen LogP contribution < -0.4 is 5.32 Å². The lowest BCUT2D eigenvalue weighted by Gasteiger charge is -2.49. The molecule has 1 aliphatic heterocycles. The average Bonchev–Trinajstić information content (AvgIpc) is 2.83. The zero-order valence-corrected chi connectivity index (χ0v) is 13.2. The van der Waals surface area contributed by atoms with Crippen molar-refractivity contribution in [3.05, 3.63) is 21.9 Å². The number of unbranched alkanes of at least 4 members (excludes halogenated alkanes) is 1. The van der Waals surface area contributed by atoms with Crippen molar-refractivity contribution in [2.24, 2.45) is 0 Å². The highest BCUT2D eigenvalue weighted by molar-refractivity contribution is 7.12. The Hall–Kier alpha value is -1.36. The molecule has 20 heavy (non-hydrogen) atoms. The van der Waals surface area contributed by atoms with Crippen molar-refractivity contribution < 1.29 is 9.59 Å². The molecule has 1 atom stereocenters. The second-order valence-corrected chi connectivity index (χ2v) is 6.44. The van der Waals surface area contributed by atoms with Crippen LogP contribution in [0.3, 0.4) is 0 Å². The maximum atomic E-state index is 12.5. The second-order valence-electron chi connectivity index (χ2n) is 5.52. The number of aryl methyl sites for hydroxylation is 1. The number of hydrogen-bond donors (Lipinski definition) is 1. The Morgan fingerprint density at radius 1 is 1.50 bits per heavy atom. The predicted octanol–water partition coefficient (Wildman–Crippen LogP) is 2.58. The number of rotatable bonds is 5. The summed E-state index contributed by atoms with van der Waals surface area (Å²) in [7, 11) is 0. The first-order valence-electron chi connectivity index (χ1n) is 7.15. The van der Waals surface area contributed by atoms with E-state index in [-0.39, 0.29) is 11.8 Å². The van der Waals surface area contributed by atoms with Crippen molar-refractivity contribution in [1.82, 2.24) is 10.2 Å². The van der Waals surface area contributed by atoms with Gasteiger partial charge in [0.25, 0.3) is 5.91 Å². The van der Waals surface area contributed by atoms with Crippen LogP contribution in [0.4, 0.5) is 0 Å². The minimum atomic E-state index is -0.679. The first-order valence-corrected chi connectivity index (χ1v) is 8.03. The molecule has 0 aromatic carbocycles. The van der Waals surface area contributed by atoms with E-state index in [1.165, 1.54) is 11.3 Å². The Bertz CT molecular complexity index is 512. The lowest BCUT2D eigenvalue weighted by Crippen LogP contribution is -2.67. The molecule has 1 aliphatic rings. The third-order valence-electron chi connectivity index (χ3n) is 4.02. The molecule has 2 amide bonds. The fourth-order valence-corrected chi connectivity index (χ4v) is 3.28. The molecule has 1 saturated heterocycles. The molecule has 0 aliphatic carbocycles. The zero-order valence-electron chi connectivity index (χ0n) is 12.4. The molecule has 1 unspecified atom stereocenters. The van der Waals surface area contributed by atoms with Crippen molar-refractivity contribution in [3.8, 4) is 0 Å². The smallest absolute Gasteiger partial charge is 0.265 e. The molecule has 0 saturated carbocycles. The molecular weight excluding hydrogens is 272 g/mol. The Kier molecular flexibility index (Phi) is 4.48. The minimum absolute atomic E-state index is 0.0168. The normalized spacial score (nSPS) is 21.4. The Labute approximate surface area is 124 Å². The molecule has 110 valence electrons. The van der Waals surface area contributed by atoms with Gasteiger partial charge in [-0.15, -0.1) is 11.3 Å². The first-order chi connectivity index (χ1) is 9.50. The number of carbonyl (C=O) groups excluding carboxylic acids is 2. The SMILES string of the molecule is CCCCNC(=O)C1(C)CCN1C(=O)c1sccc1C. The van der Waals surface area contributed by atoms with E-state index in [0.717, 1.165) is 29.7 Å². The summed E-state index contributed by atoms with van der Waals surface area (Å²) in [5.41, 5.74) is 0.307. The van der Waals surface area contributed by atoms with E-state index in [1.54, 1.807) is 4.90 Å². The molecule has 2 rings (SSSR count). The van der Waals surface area contributed by atoms with Crippen LogP contribution in [0.1, 0.15) is 48.3 Å². The van der Waals surface area contributed by atoms with Crippen LogP contribution in [-0.2, 0) is 4.79 Å². The summed E-state index contributed by atoms with van der Waals surface area (Å²) < 4.78 is 0. The van der Waals surface area contributed by atoms with Gasteiger partial charge in [0, 0.05) is 13.1 Å². The van der Waals surface area contributed by atoms with Gasteiger partial charge in [-0.1, -0.05) is 13.3 Å². The van der Waals surface area contributed by atoms with Gasteiger partial charge in [-0.2, -0.15) is 0 Å². The number of thiophene rings is 1. The van der Waals surface area contributed by atoms with Gasteiger partial charge in [0.15, 0.2) is 0 Å². The van der Waals surface area contributed by atoms with Gasteiger partial charge < -0.3 is 10.2 Å². The van der Waals surface area contributed by atoms with Gasteiger partial charge in [-0.25, -0.2) is 0 Å². The first kappa shape index (κ1) is 15.0. The van der Waals surface area contributed by atoms with Gasteiger partial charge in [0.1, 0.15) is 5.54 Å². The van der Waals surface area contributed by atoms with Gasteiger partial charge in [-0.05, 0) is 43.7 Å². The van der Waals surface area contributed by atoms with Crippen molar-refractivity contribution in [1.29, 1.82) is 0 Å². The van der Waals surface area contributed by atoms with Gasteiger partial charge >= 0.3 is 0 Å². The van der Waals surface area contributed by atoms with Crippen LogP contribution in [-0.4, -0.2) is 35.3 Å². The standard InChI is InChI=1S/C15H22N2O2S/c1-4-5-8-16-14(19)15(3)7-9-17(15)13(18)12-11(2)6-10-20-12/h6,10H,4-5,7-9H2,1-3H3,(H,16,19). The van der Waals surface area contributed by atoms with Crippen molar-refractivity contribution in [2.45, 2.75) is 45.6 Å². The van der Waals surface area contributed by atoms with Crippen molar-refractivity contribution in [3.63, 3.8) is 0 Å². The molecular formula is C15H22N2O2S. The summed E-state index contributed by atoms with van der Waals surface area (Å²) in [6.07, 6.45) is 2.76. The number of nitrogens with zero attached hydrogens (tertiary/aromatic N) is 1. The third-order valence-corrected chi connectivity index (χ3v) is 5.03. The number of carbonyl (C=O) groups is 2. The predicted molar refractivity (Wildman–Crippen MR) is 81.0 cm³/mol. The minimum Gasteiger partial charge on any atom is -0.354 e. The molecule has 0 bridgehead atoms. The van der Waals surface area contributed by atoms with Crippen molar-refractivity contribution >= 4 is 23.2 Å². The summed E-state index contributed by atoms with van der Waals surface area (Å²) in [6.45, 7) is 7.23. The van der Waals surface area contributed by atoms with Crippen LogP contribution in [0.15, 0.2) is 11.4 Å². The van der Waals surface area contributed by atoms with E-state index in [0.29, 0.717) is 13.1 Å². The summed E-state index contributed by atoms with van der Waals surface area (Å²) in [6, 6.07) is 1.94. The van der Waals surface area contributed by atoms with Gasteiger partial charge in [0.05, 0.1) is 4.88 Å². The number of amides is 2. The molecule has 0 spiro atoms. The molecule has 2 heterocycles. The summed E-state index contributed by atoms with van der Waals surface area (Å²) >= 11 is 1.45. The highest BCUT2D eigenvalue weighted by Gasteiger charge is 2.49. The topological polar surface area (TPSA) is 49.4 Å². The van der Waals surface area contributed by atoms with Crippen LogP contribution in [0, 0.1) is 6.92 Å². The number of nitrogens with one attached hydrogen (secondary N) is 1. The summed E-state index contributed by atoms with van der Waals surface area (Å²) in [5, 5.41) is 4.86. The van der Waals surface area contributed by atoms with E-state index >= 15 is 0 Å². The largest absolute Gasteiger partial charge is 0.354 e. The zero-order chi connectivity index (χ0) is 14.8. The number of likely N-dealkylation sites (tertiary alicyclic amines) is 1. The molecule has 1 N–H and O–H groups in total. The Morgan fingerprint density at radius 2 is 2.25 bits per heavy atom. The van der Waals surface area contributed by atoms with Crippen LogP contribution >= 0.6 is 11.3 Å². The lowest BCUT2D eigenvalue weighted by molar-refractivity contribution is -0.137. The molecule has 0 radical (unpaired) electrons. The Morgan fingerprint density at radius 3 is 2.75 bits per heavy atom. The van der Waals surface area contributed by atoms with Gasteiger partial charge in [-0.3, -0.25) is 9.59 Å². The van der Waals surface area contributed by atoms with E-state index in [4.69, 9.17) is 0 Å². The number of hydrogen-bond acceptors (Lipinski definition) is 3.